The monoisotopic (exact) mass is 298 g/mol. The Hall–Kier alpha value is -1.70. The highest BCUT2D eigenvalue weighted by molar-refractivity contribution is 6.00. The molecule has 2 atom stereocenters. The van der Waals surface area contributed by atoms with Crippen LogP contribution < -0.4 is 0 Å². The number of hydrogen-bond acceptors (Lipinski definition) is 7. The van der Waals surface area contributed by atoms with E-state index in [1.54, 1.807) is 0 Å². The summed E-state index contributed by atoms with van der Waals surface area (Å²) in [4.78, 5) is 24.3. The first-order chi connectivity index (χ1) is 9.96. The number of carbonyl (C=O) groups is 2. The molecule has 1 aliphatic heterocycles. The highest BCUT2D eigenvalue weighted by Gasteiger charge is 2.51. The lowest BCUT2D eigenvalue weighted by atomic mass is 9.71. The van der Waals surface area contributed by atoms with Gasteiger partial charge in [0.05, 0.1) is 39.1 Å². The Bertz CT molecular complexity index is 501. The summed E-state index contributed by atoms with van der Waals surface area (Å²) >= 11 is 0. The van der Waals surface area contributed by atoms with Crippen molar-refractivity contribution in [2.45, 2.75) is 19.3 Å². The van der Waals surface area contributed by atoms with Gasteiger partial charge >= 0.3 is 11.9 Å². The van der Waals surface area contributed by atoms with Crippen LogP contribution in [-0.4, -0.2) is 56.9 Å². The van der Waals surface area contributed by atoms with Crippen molar-refractivity contribution in [2.75, 3.05) is 27.4 Å². The molecule has 116 valence electrons. The third-order valence-corrected chi connectivity index (χ3v) is 3.73. The molecule has 21 heavy (non-hydrogen) atoms. The van der Waals surface area contributed by atoms with Crippen molar-refractivity contribution in [3.05, 3.63) is 23.3 Å². The molecule has 0 aromatic rings. The Balaban J connectivity index is 2.59. The van der Waals surface area contributed by atoms with Crippen molar-refractivity contribution in [3.63, 3.8) is 0 Å². The smallest absolute Gasteiger partial charge is 0.335 e. The van der Waals surface area contributed by atoms with Gasteiger partial charge in [-0.05, 0) is 6.92 Å². The predicted molar refractivity (Wildman–Crippen MR) is 70.0 cm³/mol. The molecule has 1 heterocycles. The molecule has 2 rings (SSSR count). The molecule has 0 saturated carbocycles. The van der Waals surface area contributed by atoms with E-state index in [9.17, 15) is 14.7 Å². The highest BCUT2D eigenvalue weighted by Crippen LogP contribution is 2.41. The van der Waals surface area contributed by atoms with E-state index in [1.165, 1.54) is 33.3 Å². The maximum absolute atomic E-state index is 12.2. The summed E-state index contributed by atoms with van der Waals surface area (Å²) in [6.07, 6.45) is 0.928. The van der Waals surface area contributed by atoms with Gasteiger partial charge in [-0.2, -0.15) is 0 Å². The summed E-state index contributed by atoms with van der Waals surface area (Å²) in [5, 5.41) is 10.2. The molecular weight excluding hydrogens is 280 g/mol. The first kappa shape index (κ1) is 15.7. The lowest BCUT2D eigenvalue weighted by Crippen LogP contribution is -2.47. The zero-order valence-corrected chi connectivity index (χ0v) is 12.1. The standard InChI is InChI=1S/C14H18O7/c1-14(13(17)19-3)9(15)5-4-8(10(14)11(16)18-2)12-20-6-7-21-12/h4-5,9,12,15H,6-7H2,1-3H3/t9-,14+/m0/s1. The molecular formula is C14H18O7. The molecule has 1 saturated heterocycles. The van der Waals surface area contributed by atoms with Crippen LogP contribution in [0, 0.1) is 5.41 Å². The van der Waals surface area contributed by atoms with E-state index in [1.807, 2.05) is 0 Å². The Morgan fingerprint density at radius 2 is 1.90 bits per heavy atom. The van der Waals surface area contributed by atoms with Crippen LogP contribution in [0.3, 0.4) is 0 Å². The Labute approximate surface area is 122 Å². The lowest BCUT2D eigenvalue weighted by Gasteiger charge is -2.35. The van der Waals surface area contributed by atoms with Crippen LogP contribution in [0.15, 0.2) is 23.3 Å². The van der Waals surface area contributed by atoms with E-state index >= 15 is 0 Å². The number of esters is 2. The SMILES string of the molecule is COC(=O)C1=C(C2OCCO2)C=C[C@H](O)[C@@]1(C)C(=O)OC. The number of aliphatic hydroxyl groups excluding tert-OH is 1. The van der Waals surface area contributed by atoms with E-state index < -0.39 is 29.7 Å². The van der Waals surface area contributed by atoms with Gasteiger partial charge in [0.25, 0.3) is 0 Å². The van der Waals surface area contributed by atoms with Gasteiger partial charge in [-0.15, -0.1) is 0 Å². The zero-order chi connectivity index (χ0) is 15.6. The quantitative estimate of drug-likeness (QED) is 0.730. The summed E-state index contributed by atoms with van der Waals surface area (Å²) in [5.74, 6) is -1.48. The lowest BCUT2D eigenvalue weighted by molar-refractivity contribution is -0.158. The largest absolute Gasteiger partial charge is 0.468 e. The Morgan fingerprint density at radius 3 is 2.43 bits per heavy atom. The normalized spacial score (nSPS) is 29.6. The molecule has 2 aliphatic rings. The molecule has 0 radical (unpaired) electrons. The number of rotatable bonds is 3. The van der Waals surface area contributed by atoms with Gasteiger partial charge in [0.2, 0.25) is 0 Å². The van der Waals surface area contributed by atoms with E-state index in [0.717, 1.165) is 0 Å². The fourth-order valence-corrected chi connectivity index (χ4v) is 2.52. The maximum Gasteiger partial charge on any atom is 0.335 e. The third kappa shape index (κ3) is 2.48. The molecule has 0 unspecified atom stereocenters. The second-order valence-electron chi connectivity index (χ2n) is 4.89. The molecule has 1 N–H and O–H groups in total. The van der Waals surface area contributed by atoms with Gasteiger partial charge in [0.1, 0.15) is 5.41 Å². The number of methoxy groups -OCH3 is 2. The van der Waals surface area contributed by atoms with Crippen molar-refractivity contribution in [1.82, 2.24) is 0 Å². The zero-order valence-electron chi connectivity index (χ0n) is 12.1. The minimum atomic E-state index is -1.58. The minimum Gasteiger partial charge on any atom is -0.468 e. The summed E-state index contributed by atoms with van der Waals surface area (Å²) in [6.45, 7) is 2.19. The van der Waals surface area contributed by atoms with E-state index in [2.05, 4.69) is 0 Å². The van der Waals surface area contributed by atoms with Crippen LogP contribution >= 0.6 is 0 Å². The Morgan fingerprint density at radius 1 is 1.29 bits per heavy atom. The predicted octanol–water partition coefficient (Wildman–Crippen LogP) is -0.0611. The summed E-state index contributed by atoms with van der Waals surface area (Å²) in [6, 6.07) is 0. The maximum atomic E-state index is 12.2. The van der Waals surface area contributed by atoms with Gasteiger partial charge in [-0.3, -0.25) is 4.79 Å². The van der Waals surface area contributed by atoms with Gasteiger partial charge in [-0.25, -0.2) is 4.79 Å². The first-order valence-electron chi connectivity index (χ1n) is 6.47. The number of aliphatic hydroxyl groups is 1. The molecule has 1 fully saturated rings. The van der Waals surface area contributed by atoms with Crippen molar-refractivity contribution in [3.8, 4) is 0 Å². The average molecular weight is 298 g/mol. The average Bonchev–Trinajstić information content (AvgIpc) is 3.02. The number of ether oxygens (including phenoxy) is 4. The molecule has 0 aromatic carbocycles. The fourth-order valence-electron chi connectivity index (χ4n) is 2.52. The van der Waals surface area contributed by atoms with Crippen molar-refractivity contribution < 1.29 is 33.6 Å². The van der Waals surface area contributed by atoms with Gasteiger partial charge in [0, 0.05) is 5.57 Å². The number of hydrogen-bond donors (Lipinski definition) is 1. The summed E-state index contributed by atoms with van der Waals surface area (Å²) in [7, 11) is 2.39. The van der Waals surface area contributed by atoms with Gasteiger partial charge in [0.15, 0.2) is 6.29 Å². The first-order valence-corrected chi connectivity index (χ1v) is 6.47. The fraction of sp³-hybridized carbons (Fsp3) is 0.571. The van der Waals surface area contributed by atoms with Gasteiger partial charge < -0.3 is 24.1 Å². The molecule has 0 spiro atoms. The van der Waals surface area contributed by atoms with Crippen LogP contribution in [0.4, 0.5) is 0 Å². The van der Waals surface area contributed by atoms with Crippen LogP contribution in [0.5, 0.6) is 0 Å². The summed E-state index contributed by atoms with van der Waals surface area (Å²) in [5.41, 5.74) is -1.24. The Kier molecular flexibility index (Phi) is 4.46. The van der Waals surface area contributed by atoms with Crippen molar-refractivity contribution in [1.29, 1.82) is 0 Å². The van der Waals surface area contributed by atoms with Crippen LogP contribution in [0.25, 0.3) is 0 Å². The van der Waals surface area contributed by atoms with E-state index in [4.69, 9.17) is 18.9 Å². The van der Waals surface area contributed by atoms with Crippen molar-refractivity contribution >= 4 is 11.9 Å². The highest BCUT2D eigenvalue weighted by atomic mass is 16.7. The molecule has 1 aliphatic carbocycles. The van der Waals surface area contributed by atoms with Gasteiger partial charge in [-0.1, -0.05) is 12.2 Å². The van der Waals surface area contributed by atoms with Crippen LogP contribution in [0.2, 0.25) is 0 Å². The van der Waals surface area contributed by atoms with Crippen LogP contribution in [0.1, 0.15) is 6.92 Å². The van der Waals surface area contributed by atoms with Crippen LogP contribution in [-0.2, 0) is 28.5 Å². The van der Waals surface area contributed by atoms with Crippen molar-refractivity contribution in [2.24, 2.45) is 5.41 Å². The second kappa shape index (κ2) is 5.97. The van der Waals surface area contributed by atoms with E-state index in [0.29, 0.717) is 18.8 Å². The minimum absolute atomic E-state index is 0.0150. The molecule has 0 aromatic heterocycles. The third-order valence-electron chi connectivity index (χ3n) is 3.73. The molecule has 0 amide bonds. The topological polar surface area (TPSA) is 91.3 Å². The summed E-state index contributed by atoms with van der Waals surface area (Å²) < 4.78 is 20.3. The second-order valence-corrected chi connectivity index (χ2v) is 4.89. The molecule has 7 heteroatoms. The number of carbonyl (C=O) groups excluding carboxylic acids is 2. The molecule has 7 nitrogen and oxygen atoms in total. The van der Waals surface area contributed by atoms with E-state index in [-0.39, 0.29) is 5.57 Å². The molecule has 0 bridgehead atoms.